The molecule has 1 saturated heterocycles. The average Bonchev–Trinajstić information content (AvgIpc) is 3.01. The summed E-state index contributed by atoms with van der Waals surface area (Å²) < 4.78 is 15.3. The van der Waals surface area contributed by atoms with Crippen molar-refractivity contribution in [3.05, 3.63) is 53.4 Å². The van der Waals surface area contributed by atoms with E-state index >= 15 is 0 Å². The smallest absolute Gasteiger partial charge is 0.137 e. The van der Waals surface area contributed by atoms with E-state index in [1.807, 2.05) is 17.8 Å². The number of halogens is 1. The number of aromatic nitrogens is 2. The van der Waals surface area contributed by atoms with Gasteiger partial charge in [0, 0.05) is 26.0 Å². The van der Waals surface area contributed by atoms with Crippen LogP contribution in [0.5, 0.6) is 0 Å². The fourth-order valence-electron chi connectivity index (χ4n) is 3.34. The number of piperidine rings is 1. The number of imidazole rings is 1. The highest BCUT2D eigenvalue weighted by atomic mass is 19.1. The van der Waals surface area contributed by atoms with Gasteiger partial charge in [-0.05, 0) is 55.6 Å². The Morgan fingerprint density at radius 3 is 2.79 bits per heavy atom. The zero-order valence-corrected chi connectivity index (χ0v) is 13.7. The summed E-state index contributed by atoms with van der Waals surface area (Å²) in [5, 5.41) is 19.7. The van der Waals surface area contributed by atoms with Crippen LogP contribution in [0.3, 0.4) is 0 Å². The lowest BCUT2D eigenvalue weighted by molar-refractivity contribution is 0.0492. The van der Waals surface area contributed by atoms with Gasteiger partial charge in [0.05, 0.1) is 11.6 Å². The Morgan fingerprint density at radius 2 is 2.17 bits per heavy atom. The molecule has 6 heteroatoms. The third kappa shape index (κ3) is 3.48. The first-order valence-corrected chi connectivity index (χ1v) is 8.14. The number of aliphatic hydroxyl groups is 1. The number of nitrogens with zero attached hydrogens (tertiary/aromatic N) is 4. The van der Waals surface area contributed by atoms with Gasteiger partial charge < -0.3 is 9.67 Å². The van der Waals surface area contributed by atoms with Gasteiger partial charge in [-0.3, -0.25) is 4.90 Å². The van der Waals surface area contributed by atoms with Crippen molar-refractivity contribution >= 4 is 0 Å². The molecule has 0 radical (unpaired) electrons. The summed E-state index contributed by atoms with van der Waals surface area (Å²) in [6, 6.07) is 6.40. The maximum atomic E-state index is 13.4. The number of hydrogen-bond acceptors (Lipinski definition) is 4. The van der Waals surface area contributed by atoms with E-state index in [2.05, 4.69) is 16.0 Å². The molecular weight excluding hydrogens is 307 g/mol. The molecule has 2 heterocycles. The minimum Gasteiger partial charge on any atom is -0.385 e. The van der Waals surface area contributed by atoms with E-state index in [1.165, 1.54) is 18.2 Å². The Bertz CT molecular complexity index is 744. The van der Waals surface area contributed by atoms with Crippen LogP contribution in [-0.2, 0) is 13.6 Å². The maximum absolute atomic E-state index is 13.4. The normalized spacial score (nSPS) is 17.6. The molecule has 1 aromatic carbocycles. The van der Waals surface area contributed by atoms with E-state index in [1.54, 1.807) is 6.20 Å². The third-order valence-electron chi connectivity index (χ3n) is 4.78. The lowest BCUT2D eigenvalue weighted by Gasteiger charge is -2.34. The lowest BCUT2D eigenvalue weighted by atomic mass is 9.90. The number of aryl methyl sites for hydroxylation is 1. The third-order valence-corrected chi connectivity index (χ3v) is 4.78. The first kappa shape index (κ1) is 16.6. The van der Waals surface area contributed by atoms with Gasteiger partial charge in [-0.25, -0.2) is 9.37 Å². The highest BCUT2D eigenvalue weighted by Crippen LogP contribution is 2.30. The van der Waals surface area contributed by atoms with Crippen LogP contribution < -0.4 is 0 Å². The molecule has 0 bridgehead atoms. The van der Waals surface area contributed by atoms with Gasteiger partial charge in [0.25, 0.3) is 0 Å². The molecule has 1 fully saturated rings. The summed E-state index contributed by atoms with van der Waals surface area (Å²) >= 11 is 0. The summed E-state index contributed by atoms with van der Waals surface area (Å²) in [7, 11) is 1.88. The second kappa shape index (κ2) is 7.12. The Morgan fingerprint density at radius 1 is 1.42 bits per heavy atom. The van der Waals surface area contributed by atoms with Crippen LogP contribution >= 0.6 is 0 Å². The van der Waals surface area contributed by atoms with E-state index in [4.69, 9.17) is 5.26 Å². The van der Waals surface area contributed by atoms with Crippen molar-refractivity contribution in [3.63, 3.8) is 0 Å². The molecule has 1 N–H and O–H groups in total. The Labute approximate surface area is 141 Å². The summed E-state index contributed by atoms with van der Waals surface area (Å²) in [6.07, 6.45) is 4.68. The summed E-state index contributed by atoms with van der Waals surface area (Å²) in [5.41, 5.74) is 1.24. The maximum Gasteiger partial charge on any atom is 0.137 e. The van der Waals surface area contributed by atoms with Gasteiger partial charge in [0.1, 0.15) is 17.7 Å². The monoisotopic (exact) mass is 328 g/mol. The first-order chi connectivity index (χ1) is 11.6. The minimum atomic E-state index is -0.559. The highest BCUT2D eigenvalue weighted by Gasteiger charge is 2.28. The van der Waals surface area contributed by atoms with Crippen molar-refractivity contribution < 1.29 is 9.50 Å². The fourth-order valence-corrected chi connectivity index (χ4v) is 3.34. The summed E-state index contributed by atoms with van der Waals surface area (Å²) in [5.74, 6) is 0.555. The van der Waals surface area contributed by atoms with Crippen LogP contribution in [0.1, 0.15) is 35.9 Å². The molecule has 1 aliphatic heterocycles. The fraction of sp³-hybridized carbons (Fsp3) is 0.444. The van der Waals surface area contributed by atoms with E-state index in [0.29, 0.717) is 17.9 Å². The Balaban J connectivity index is 1.61. The quantitative estimate of drug-likeness (QED) is 0.936. The SMILES string of the molecule is Cn1ccnc1[C@@H](O)C1CCN(Cc2cc(F)ccc2C#N)CC1. The lowest BCUT2D eigenvalue weighted by Crippen LogP contribution is -2.35. The van der Waals surface area contributed by atoms with Crippen LogP contribution in [0, 0.1) is 23.1 Å². The highest BCUT2D eigenvalue weighted by molar-refractivity contribution is 5.37. The molecule has 0 amide bonds. The van der Waals surface area contributed by atoms with Gasteiger partial charge in [0.15, 0.2) is 0 Å². The Kier molecular flexibility index (Phi) is 4.93. The Hall–Kier alpha value is -2.23. The van der Waals surface area contributed by atoms with Crippen LogP contribution in [0.4, 0.5) is 4.39 Å². The number of hydrogen-bond donors (Lipinski definition) is 1. The number of aliphatic hydroxyl groups excluding tert-OH is 1. The van der Waals surface area contributed by atoms with Crippen molar-refractivity contribution in [2.75, 3.05) is 13.1 Å². The van der Waals surface area contributed by atoms with E-state index in [9.17, 15) is 9.50 Å². The van der Waals surface area contributed by atoms with E-state index in [0.717, 1.165) is 31.5 Å². The van der Waals surface area contributed by atoms with Crippen molar-refractivity contribution in [2.24, 2.45) is 13.0 Å². The number of benzene rings is 1. The number of nitriles is 1. The number of rotatable bonds is 4. The van der Waals surface area contributed by atoms with Gasteiger partial charge in [-0.2, -0.15) is 5.26 Å². The molecule has 24 heavy (non-hydrogen) atoms. The topological polar surface area (TPSA) is 65.1 Å². The van der Waals surface area contributed by atoms with Crippen molar-refractivity contribution in [3.8, 4) is 6.07 Å². The number of likely N-dealkylation sites (tertiary alicyclic amines) is 1. The van der Waals surface area contributed by atoms with Crippen molar-refractivity contribution in [2.45, 2.75) is 25.5 Å². The largest absolute Gasteiger partial charge is 0.385 e. The molecule has 1 aromatic heterocycles. The van der Waals surface area contributed by atoms with Gasteiger partial charge in [-0.1, -0.05) is 0 Å². The average molecular weight is 328 g/mol. The molecule has 1 atom stereocenters. The van der Waals surface area contributed by atoms with Crippen LogP contribution in [0.15, 0.2) is 30.6 Å². The minimum absolute atomic E-state index is 0.172. The predicted molar refractivity (Wildman–Crippen MR) is 87.3 cm³/mol. The van der Waals surface area contributed by atoms with Crippen LogP contribution in [0.25, 0.3) is 0 Å². The molecule has 0 aliphatic carbocycles. The van der Waals surface area contributed by atoms with E-state index < -0.39 is 6.10 Å². The second-order valence-corrected chi connectivity index (χ2v) is 6.37. The van der Waals surface area contributed by atoms with Gasteiger partial charge in [0.2, 0.25) is 0 Å². The molecular formula is C18H21FN4O. The zero-order valence-electron chi connectivity index (χ0n) is 13.7. The molecule has 5 nitrogen and oxygen atoms in total. The first-order valence-electron chi connectivity index (χ1n) is 8.14. The predicted octanol–water partition coefficient (Wildman–Crippen LogP) is 2.38. The molecule has 1 aliphatic rings. The molecule has 126 valence electrons. The van der Waals surface area contributed by atoms with Crippen molar-refractivity contribution in [1.82, 2.24) is 14.5 Å². The van der Waals surface area contributed by atoms with Gasteiger partial charge >= 0.3 is 0 Å². The second-order valence-electron chi connectivity index (χ2n) is 6.37. The molecule has 0 spiro atoms. The summed E-state index contributed by atoms with van der Waals surface area (Å²) in [6.45, 7) is 2.19. The van der Waals surface area contributed by atoms with Gasteiger partial charge in [-0.15, -0.1) is 0 Å². The molecule has 0 unspecified atom stereocenters. The standard InChI is InChI=1S/C18H21FN4O/c1-22-9-6-21-18(22)17(24)13-4-7-23(8-5-13)12-15-10-16(19)3-2-14(15)11-20/h2-3,6,9-10,13,17,24H,4-5,7-8,12H2,1H3/t17-/m0/s1. The van der Waals surface area contributed by atoms with Crippen molar-refractivity contribution in [1.29, 1.82) is 5.26 Å². The molecule has 0 saturated carbocycles. The van der Waals surface area contributed by atoms with Crippen LogP contribution in [0.2, 0.25) is 0 Å². The zero-order chi connectivity index (χ0) is 17.1. The summed E-state index contributed by atoms with van der Waals surface area (Å²) in [4.78, 5) is 6.44. The molecule has 3 rings (SSSR count). The van der Waals surface area contributed by atoms with E-state index in [-0.39, 0.29) is 11.7 Å². The molecule has 2 aromatic rings. The van der Waals surface area contributed by atoms with Crippen LogP contribution in [-0.4, -0.2) is 32.6 Å².